The average molecular weight is 278 g/mol. The van der Waals surface area contributed by atoms with Crippen LogP contribution in [0.4, 0.5) is 11.4 Å². The summed E-state index contributed by atoms with van der Waals surface area (Å²) in [5.74, 6) is 1.28. The molecule has 0 heterocycles. The summed E-state index contributed by atoms with van der Waals surface area (Å²) in [6, 6.07) is 6.83. The van der Waals surface area contributed by atoms with Crippen LogP contribution in [0.1, 0.15) is 25.7 Å². The zero-order valence-electron chi connectivity index (χ0n) is 11.9. The lowest BCUT2D eigenvalue weighted by atomic mass is 9.82. The van der Waals surface area contributed by atoms with Crippen molar-refractivity contribution in [3.8, 4) is 0 Å². The van der Waals surface area contributed by atoms with Crippen molar-refractivity contribution in [3.63, 3.8) is 0 Å². The number of anilines is 1. The van der Waals surface area contributed by atoms with Crippen molar-refractivity contribution in [2.75, 3.05) is 25.6 Å². The molecule has 0 radical (unpaired) electrons. The van der Waals surface area contributed by atoms with E-state index in [9.17, 15) is 10.1 Å². The van der Waals surface area contributed by atoms with Crippen molar-refractivity contribution in [3.05, 3.63) is 34.4 Å². The minimum Gasteiger partial charge on any atom is -0.384 e. The maximum Gasteiger partial charge on any atom is 0.292 e. The number of hydrogen-bond donors (Lipinski definition) is 1. The molecule has 0 amide bonds. The van der Waals surface area contributed by atoms with Crippen LogP contribution in [-0.2, 0) is 4.74 Å². The second-order valence-corrected chi connectivity index (χ2v) is 5.50. The van der Waals surface area contributed by atoms with Gasteiger partial charge in [-0.15, -0.1) is 0 Å². The van der Waals surface area contributed by atoms with Crippen LogP contribution in [-0.4, -0.2) is 25.2 Å². The Bertz CT molecular complexity index is 442. The molecule has 0 spiro atoms. The first-order valence-electron chi connectivity index (χ1n) is 7.17. The van der Waals surface area contributed by atoms with E-state index in [1.54, 1.807) is 19.2 Å². The number of nitro benzene ring substituents is 1. The molecular weight excluding hydrogens is 256 g/mol. The standard InChI is InChI=1S/C15H22N2O3/c1-20-11-13-8-6-12(7-9-13)10-16-14-4-2-3-5-15(14)17(18)19/h2-5,12-13,16H,6-11H2,1H3. The van der Waals surface area contributed by atoms with Gasteiger partial charge in [0.15, 0.2) is 0 Å². The molecule has 0 unspecified atom stereocenters. The van der Waals surface area contributed by atoms with Gasteiger partial charge in [-0.1, -0.05) is 12.1 Å². The predicted octanol–water partition coefficient (Wildman–Crippen LogP) is 3.46. The lowest BCUT2D eigenvalue weighted by Gasteiger charge is -2.28. The number of nitrogens with zero attached hydrogens (tertiary/aromatic N) is 1. The highest BCUT2D eigenvalue weighted by Crippen LogP contribution is 2.30. The summed E-state index contributed by atoms with van der Waals surface area (Å²) in [4.78, 5) is 10.6. The number of nitro groups is 1. The van der Waals surface area contributed by atoms with Gasteiger partial charge in [-0.2, -0.15) is 0 Å². The third-order valence-corrected chi connectivity index (χ3v) is 4.05. The fourth-order valence-electron chi connectivity index (χ4n) is 2.87. The van der Waals surface area contributed by atoms with E-state index >= 15 is 0 Å². The van der Waals surface area contributed by atoms with E-state index in [0.29, 0.717) is 17.5 Å². The highest BCUT2D eigenvalue weighted by molar-refractivity contribution is 5.61. The summed E-state index contributed by atoms with van der Waals surface area (Å²) in [7, 11) is 1.75. The normalized spacial score (nSPS) is 22.4. The topological polar surface area (TPSA) is 64.4 Å². The average Bonchev–Trinajstić information content (AvgIpc) is 2.47. The van der Waals surface area contributed by atoms with E-state index in [1.807, 2.05) is 6.07 Å². The molecule has 1 aromatic carbocycles. The molecule has 1 saturated carbocycles. The molecular formula is C15H22N2O3. The summed E-state index contributed by atoms with van der Waals surface area (Å²) in [5, 5.41) is 14.2. The first-order chi connectivity index (χ1) is 9.70. The maximum absolute atomic E-state index is 10.9. The second-order valence-electron chi connectivity index (χ2n) is 5.50. The summed E-state index contributed by atoms with van der Waals surface area (Å²) >= 11 is 0. The third kappa shape index (κ3) is 3.93. The van der Waals surface area contributed by atoms with Gasteiger partial charge < -0.3 is 10.1 Å². The van der Waals surface area contributed by atoms with Crippen LogP contribution in [0.2, 0.25) is 0 Å². The number of rotatable bonds is 6. The number of hydrogen-bond acceptors (Lipinski definition) is 4. The van der Waals surface area contributed by atoms with Gasteiger partial charge in [0.25, 0.3) is 5.69 Å². The molecule has 0 atom stereocenters. The van der Waals surface area contributed by atoms with Crippen molar-refractivity contribution >= 4 is 11.4 Å². The molecule has 2 rings (SSSR count). The largest absolute Gasteiger partial charge is 0.384 e. The Hall–Kier alpha value is -1.62. The van der Waals surface area contributed by atoms with Crippen LogP contribution < -0.4 is 5.32 Å². The third-order valence-electron chi connectivity index (χ3n) is 4.05. The van der Waals surface area contributed by atoms with E-state index in [2.05, 4.69) is 5.32 Å². The lowest BCUT2D eigenvalue weighted by Crippen LogP contribution is -2.23. The quantitative estimate of drug-likeness (QED) is 0.639. The summed E-state index contributed by atoms with van der Waals surface area (Å²) in [6.45, 7) is 1.66. The summed E-state index contributed by atoms with van der Waals surface area (Å²) in [5.41, 5.74) is 0.775. The summed E-state index contributed by atoms with van der Waals surface area (Å²) in [6.07, 6.45) is 4.72. The Morgan fingerprint density at radius 2 is 1.90 bits per heavy atom. The first-order valence-corrected chi connectivity index (χ1v) is 7.17. The number of benzene rings is 1. The smallest absolute Gasteiger partial charge is 0.292 e. The van der Waals surface area contributed by atoms with E-state index in [0.717, 1.165) is 13.2 Å². The van der Waals surface area contributed by atoms with Crippen molar-refractivity contribution in [2.24, 2.45) is 11.8 Å². The molecule has 5 heteroatoms. The number of methoxy groups -OCH3 is 1. The number of ether oxygens (including phenoxy) is 1. The predicted molar refractivity (Wildman–Crippen MR) is 78.9 cm³/mol. The van der Waals surface area contributed by atoms with Crippen molar-refractivity contribution in [1.29, 1.82) is 0 Å². The number of nitrogens with one attached hydrogen (secondary N) is 1. The van der Waals surface area contributed by atoms with E-state index in [4.69, 9.17) is 4.74 Å². The van der Waals surface area contributed by atoms with E-state index in [1.165, 1.54) is 31.7 Å². The zero-order chi connectivity index (χ0) is 14.4. The van der Waals surface area contributed by atoms with Gasteiger partial charge in [-0.05, 0) is 43.6 Å². The van der Waals surface area contributed by atoms with Gasteiger partial charge in [0.05, 0.1) is 4.92 Å². The zero-order valence-corrected chi connectivity index (χ0v) is 11.9. The van der Waals surface area contributed by atoms with Crippen LogP contribution in [0.25, 0.3) is 0 Å². The highest BCUT2D eigenvalue weighted by Gasteiger charge is 2.21. The SMILES string of the molecule is COCC1CCC(CNc2ccccc2[N+](=O)[O-])CC1. The molecule has 1 N–H and O–H groups in total. The van der Waals surface area contributed by atoms with Gasteiger partial charge in [0, 0.05) is 26.3 Å². The van der Waals surface area contributed by atoms with E-state index < -0.39 is 0 Å². The Labute approximate surface area is 119 Å². The monoisotopic (exact) mass is 278 g/mol. The van der Waals surface area contributed by atoms with Crippen molar-refractivity contribution < 1.29 is 9.66 Å². The first kappa shape index (κ1) is 14.8. The number of para-hydroxylation sites is 2. The maximum atomic E-state index is 10.9. The Morgan fingerprint density at radius 3 is 2.55 bits per heavy atom. The van der Waals surface area contributed by atoms with Crippen LogP contribution in [0, 0.1) is 22.0 Å². The van der Waals surface area contributed by atoms with Gasteiger partial charge in [0.2, 0.25) is 0 Å². The molecule has 1 aliphatic rings. The Morgan fingerprint density at radius 1 is 1.25 bits per heavy atom. The lowest BCUT2D eigenvalue weighted by molar-refractivity contribution is -0.384. The van der Waals surface area contributed by atoms with Crippen LogP contribution >= 0.6 is 0 Å². The minimum absolute atomic E-state index is 0.153. The van der Waals surface area contributed by atoms with Gasteiger partial charge in [0.1, 0.15) is 5.69 Å². The molecule has 5 nitrogen and oxygen atoms in total. The van der Waals surface area contributed by atoms with E-state index in [-0.39, 0.29) is 10.6 Å². The minimum atomic E-state index is -0.335. The molecule has 0 aromatic heterocycles. The van der Waals surface area contributed by atoms with Gasteiger partial charge in [-0.25, -0.2) is 0 Å². The fraction of sp³-hybridized carbons (Fsp3) is 0.600. The Balaban J connectivity index is 1.83. The van der Waals surface area contributed by atoms with Crippen LogP contribution in [0.3, 0.4) is 0 Å². The molecule has 0 aliphatic heterocycles. The fourth-order valence-corrected chi connectivity index (χ4v) is 2.87. The molecule has 1 aromatic rings. The van der Waals surface area contributed by atoms with Gasteiger partial charge in [-0.3, -0.25) is 10.1 Å². The molecule has 1 aliphatic carbocycles. The van der Waals surface area contributed by atoms with Gasteiger partial charge >= 0.3 is 0 Å². The Kier molecular flexibility index (Phi) is 5.35. The molecule has 20 heavy (non-hydrogen) atoms. The molecule has 0 bridgehead atoms. The second kappa shape index (κ2) is 7.24. The van der Waals surface area contributed by atoms with Crippen molar-refractivity contribution in [2.45, 2.75) is 25.7 Å². The molecule has 0 saturated heterocycles. The molecule has 1 fully saturated rings. The van der Waals surface area contributed by atoms with Crippen LogP contribution in [0.15, 0.2) is 24.3 Å². The highest BCUT2D eigenvalue weighted by atomic mass is 16.6. The molecule has 110 valence electrons. The van der Waals surface area contributed by atoms with Crippen LogP contribution in [0.5, 0.6) is 0 Å². The summed E-state index contributed by atoms with van der Waals surface area (Å²) < 4.78 is 5.20. The van der Waals surface area contributed by atoms with Crippen molar-refractivity contribution in [1.82, 2.24) is 0 Å².